The second-order valence-electron chi connectivity index (χ2n) is 14.3. The average molecular weight is 709 g/mol. The molecule has 5 aliphatic rings. The fraction of sp³-hybridized carbons (Fsp3) is 0.710. The van der Waals surface area contributed by atoms with E-state index in [2.05, 4.69) is 45.7 Å². The monoisotopic (exact) mass is 709 g/mol. The first-order valence-electron chi connectivity index (χ1n) is 14.1. The molecular weight excluding hydrogens is 668 g/mol. The van der Waals surface area contributed by atoms with Gasteiger partial charge in [-0.2, -0.15) is 5.26 Å². The van der Waals surface area contributed by atoms with Gasteiger partial charge >= 0.3 is 204 Å². The number of carbonyl (C=O) groups is 2. The zero-order chi connectivity index (χ0) is 28.1. The summed E-state index contributed by atoms with van der Waals surface area (Å²) in [4.78, 5) is 31.7. The van der Waals surface area contributed by atoms with E-state index < -0.39 is 5.41 Å². The molecule has 201 valence electrons. The number of fused-ring (bicyclic) bond motifs is 7. The molecule has 5 aliphatic carbocycles. The molecule has 0 amide bonds. The van der Waals surface area contributed by atoms with Crippen LogP contribution in [0, 0.1) is 67.5 Å². The SMILES string of the molecule is CC1C(=O)C(C#N)=CC2(C)C3=CC(=O)C4C5C[C@@](C)(/C(N)=N/[C](=N)[Pb])CCC5(C)CC[C@@]4(C)C3(C)CCC12. The Balaban J connectivity index is 1.64. The van der Waals surface area contributed by atoms with Gasteiger partial charge < -0.3 is 0 Å². The summed E-state index contributed by atoms with van der Waals surface area (Å²) in [5.41, 5.74) is 6.81. The molecule has 0 aliphatic heterocycles. The van der Waals surface area contributed by atoms with Crippen LogP contribution in [0.1, 0.15) is 86.5 Å². The maximum absolute atomic E-state index is 14.4. The number of hydrogen-bond acceptors (Lipinski definition) is 4. The first-order chi connectivity index (χ1) is 17.6. The average Bonchev–Trinajstić information content (AvgIpc) is 2.84. The summed E-state index contributed by atoms with van der Waals surface area (Å²) in [5.74, 6) is 0.701. The second-order valence-corrected chi connectivity index (χ2v) is 16.2. The van der Waals surface area contributed by atoms with Crippen molar-refractivity contribution in [1.82, 2.24) is 0 Å². The van der Waals surface area contributed by atoms with Crippen LogP contribution < -0.4 is 5.73 Å². The number of allylic oxidation sites excluding steroid dienone is 4. The zero-order valence-electron chi connectivity index (χ0n) is 23.7. The van der Waals surface area contributed by atoms with Crippen LogP contribution in [0.2, 0.25) is 0 Å². The van der Waals surface area contributed by atoms with Crippen molar-refractivity contribution < 1.29 is 9.59 Å². The minimum atomic E-state index is -0.473. The molecule has 0 spiro atoms. The fourth-order valence-corrected chi connectivity index (χ4v) is 10.3. The van der Waals surface area contributed by atoms with E-state index in [1.165, 1.54) is 0 Å². The van der Waals surface area contributed by atoms with Crippen molar-refractivity contribution in [3.05, 3.63) is 23.3 Å². The van der Waals surface area contributed by atoms with Crippen LogP contribution in [0.15, 0.2) is 28.3 Å². The van der Waals surface area contributed by atoms with Gasteiger partial charge in [0.1, 0.15) is 6.07 Å². The molecule has 0 saturated heterocycles. The predicted molar refractivity (Wildman–Crippen MR) is 149 cm³/mol. The number of nitrogens with zero attached hydrogens (tertiary/aromatic N) is 2. The molecular formula is C31H41N4O2Pb. The van der Waals surface area contributed by atoms with Gasteiger partial charge in [-0.25, -0.2) is 0 Å². The van der Waals surface area contributed by atoms with Crippen LogP contribution in [0.5, 0.6) is 0 Å². The van der Waals surface area contributed by atoms with E-state index in [1.54, 1.807) is 0 Å². The summed E-state index contributed by atoms with van der Waals surface area (Å²) in [6.45, 7) is 13.4. The Hall–Kier alpha value is -1.63. The molecule has 9 atom stereocenters. The van der Waals surface area contributed by atoms with Crippen molar-refractivity contribution in [2.24, 2.45) is 61.5 Å². The van der Waals surface area contributed by atoms with Crippen molar-refractivity contribution in [3.63, 3.8) is 0 Å². The first-order valence-corrected chi connectivity index (χ1v) is 16.1. The van der Waals surface area contributed by atoms with Gasteiger partial charge in [0.05, 0.1) is 5.57 Å². The van der Waals surface area contributed by atoms with E-state index in [9.17, 15) is 14.9 Å². The molecule has 0 aromatic heterocycles. The topological polar surface area (TPSA) is 120 Å². The molecule has 0 aromatic rings. The molecule has 38 heavy (non-hydrogen) atoms. The summed E-state index contributed by atoms with van der Waals surface area (Å²) in [6, 6.07) is 2.17. The van der Waals surface area contributed by atoms with Gasteiger partial charge in [-0.15, -0.1) is 0 Å². The quantitative estimate of drug-likeness (QED) is 0.219. The van der Waals surface area contributed by atoms with Gasteiger partial charge in [-0.3, -0.25) is 4.79 Å². The van der Waals surface area contributed by atoms with Gasteiger partial charge in [-0.1, -0.05) is 6.92 Å². The number of hydrogen-bond donors (Lipinski definition) is 2. The third-order valence-electron chi connectivity index (χ3n) is 12.6. The standard InChI is InChI=1S/C31H41N4O2.Pb/c1-18-20-7-8-30(5)23(29(20,4)14-19(16-32)25(18)37)13-22(36)24-21-15-28(3,26(34)35-17-33)10-9-27(21,2)11-12-31(24,30)6;/h13-14,18,20-21,24H,7-12,15H2,1-6H3,(H3,33,34,35);/t18?,20?,21?,24?,27?,28-,29?,30?,31+;/m0./s1. The molecule has 6 nitrogen and oxygen atoms in total. The Labute approximate surface area is 243 Å². The normalized spacial score (nSPS) is 48.4. The molecule has 0 aromatic carbocycles. The Kier molecular flexibility index (Phi) is 6.38. The summed E-state index contributed by atoms with van der Waals surface area (Å²) < 4.78 is 0.356. The summed E-state index contributed by atoms with van der Waals surface area (Å²) in [7, 11) is 0. The van der Waals surface area contributed by atoms with Crippen LogP contribution in [-0.2, 0) is 9.59 Å². The predicted octanol–water partition coefficient (Wildman–Crippen LogP) is 5.28. The third kappa shape index (κ3) is 3.58. The third-order valence-corrected chi connectivity index (χ3v) is 13.0. The van der Waals surface area contributed by atoms with Crippen LogP contribution in [-0.4, -0.2) is 46.6 Å². The maximum atomic E-state index is 14.4. The molecule has 7 unspecified atom stereocenters. The molecule has 3 radical (unpaired) electrons. The first kappa shape index (κ1) is 27.9. The van der Waals surface area contributed by atoms with E-state index in [0.717, 1.165) is 50.5 Å². The van der Waals surface area contributed by atoms with Crippen LogP contribution >= 0.6 is 0 Å². The Morgan fingerprint density at radius 1 is 1.11 bits per heavy atom. The number of amidine groups is 2. The number of nitriles is 1. The number of nitrogens with two attached hydrogens (primary N) is 1. The molecule has 3 saturated carbocycles. The molecule has 7 heteroatoms. The van der Waals surface area contributed by atoms with Gasteiger partial charge in [0, 0.05) is 5.92 Å². The zero-order valence-corrected chi connectivity index (χ0v) is 27.6. The van der Waals surface area contributed by atoms with E-state index in [-0.39, 0.29) is 62.5 Å². The van der Waals surface area contributed by atoms with Crippen LogP contribution in [0.3, 0.4) is 0 Å². The number of aliphatic imine (C=N–C) groups is 1. The molecule has 3 N–H and O–H groups in total. The van der Waals surface area contributed by atoms with Gasteiger partial charge in [0.15, 0.2) is 5.78 Å². The van der Waals surface area contributed by atoms with Crippen LogP contribution in [0.4, 0.5) is 0 Å². The number of carbonyl (C=O) groups excluding carboxylic acids is 2. The molecule has 0 heterocycles. The van der Waals surface area contributed by atoms with Crippen molar-refractivity contribution in [3.8, 4) is 6.07 Å². The summed E-state index contributed by atoms with van der Waals surface area (Å²) in [6.07, 6.45) is 10.6. The number of Topliss-reactive ketones (excluding diaryl/α,β-unsaturated/α-hetero) is 1. The van der Waals surface area contributed by atoms with Crippen molar-refractivity contribution >= 4 is 46.6 Å². The van der Waals surface area contributed by atoms with E-state index >= 15 is 0 Å². The summed E-state index contributed by atoms with van der Waals surface area (Å²) >= 11 is 0.567. The minimum absolute atomic E-state index is 0.0533. The van der Waals surface area contributed by atoms with Crippen molar-refractivity contribution in [2.45, 2.75) is 86.5 Å². The Morgan fingerprint density at radius 3 is 2.39 bits per heavy atom. The number of rotatable bonds is 1. The van der Waals surface area contributed by atoms with Gasteiger partial charge in [0.2, 0.25) is 0 Å². The Morgan fingerprint density at radius 2 is 1.76 bits per heavy atom. The van der Waals surface area contributed by atoms with E-state index in [1.807, 2.05) is 19.1 Å². The molecule has 5 rings (SSSR count). The van der Waals surface area contributed by atoms with E-state index in [4.69, 9.17) is 11.1 Å². The number of ketones is 2. The van der Waals surface area contributed by atoms with Crippen molar-refractivity contribution in [1.29, 1.82) is 10.7 Å². The second kappa shape index (κ2) is 8.68. The van der Waals surface area contributed by atoms with E-state index in [0.29, 0.717) is 35.0 Å². The van der Waals surface area contributed by atoms with Gasteiger partial charge in [0.25, 0.3) is 0 Å². The molecule has 0 bridgehead atoms. The number of nitrogens with one attached hydrogen (secondary N) is 1. The fourth-order valence-electron chi connectivity index (χ4n) is 9.83. The Bertz CT molecular complexity index is 1280. The van der Waals surface area contributed by atoms with Crippen LogP contribution in [0.25, 0.3) is 0 Å². The van der Waals surface area contributed by atoms with Gasteiger partial charge in [-0.05, 0) is 0 Å². The summed E-state index contributed by atoms with van der Waals surface area (Å²) in [5, 5.41) is 17.7. The molecule has 3 fully saturated rings. The van der Waals surface area contributed by atoms with Crippen molar-refractivity contribution in [2.75, 3.05) is 0 Å².